The molecule has 6 aromatic rings. The van der Waals surface area contributed by atoms with E-state index in [0.29, 0.717) is 39.1 Å². The van der Waals surface area contributed by atoms with Crippen molar-refractivity contribution in [3.05, 3.63) is 77.4 Å². The first-order chi connectivity index (χ1) is 18.5. The lowest BCUT2D eigenvalue weighted by molar-refractivity contribution is 0.0643. The van der Waals surface area contributed by atoms with Gasteiger partial charge in [-0.2, -0.15) is 0 Å². The summed E-state index contributed by atoms with van der Waals surface area (Å²) in [6, 6.07) is 18.8. The Morgan fingerprint density at radius 1 is 0.632 bits per heavy atom. The number of rotatable bonds is 5. The minimum Gasteiger partial charge on any atom is -0.497 e. The topological polar surface area (TPSA) is 96.7 Å². The summed E-state index contributed by atoms with van der Waals surface area (Å²) in [5.41, 5.74) is 4.85. The van der Waals surface area contributed by atoms with Crippen molar-refractivity contribution in [1.82, 2.24) is 14.9 Å². The summed E-state index contributed by atoms with van der Waals surface area (Å²) >= 11 is 0. The van der Waals surface area contributed by atoms with Gasteiger partial charge in [-0.3, -0.25) is 14.5 Å². The normalized spacial score (nSPS) is 13.3. The highest BCUT2D eigenvalue weighted by Crippen LogP contribution is 2.45. The third-order valence-electron chi connectivity index (χ3n) is 7.43. The van der Waals surface area contributed by atoms with Crippen LogP contribution < -0.4 is 14.2 Å². The third-order valence-corrected chi connectivity index (χ3v) is 7.43. The summed E-state index contributed by atoms with van der Waals surface area (Å²) in [7, 11) is 4.81. The molecule has 0 fully saturated rings. The second-order valence-electron chi connectivity index (χ2n) is 9.37. The Morgan fingerprint density at radius 2 is 1.08 bits per heavy atom. The summed E-state index contributed by atoms with van der Waals surface area (Å²) in [6.45, 7) is 0.149. The summed E-state index contributed by atoms with van der Waals surface area (Å²) in [6.07, 6.45) is 0. The maximum absolute atomic E-state index is 14.1. The van der Waals surface area contributed by atoms with Gasteiger partial charge in [0.15, 0.2) is 0 Å². The molecule has 0 unspecified atom stereocenters. The van der Waals surface area contributed by atoms with Gasteiger partial charge in [-0.1, -0.05) is 12.1 Å². The predicted molar refractivity (Wildman–Crippen MR) is 145 cm³/mol. The number of hydrogen-bond acceptors (Lipinski definition) is 5. The van der Waals surface area contributed by atoms with E-state index in [1.54, 1.807) is 21.3 Å². The first-order valence-corrected chi connectivity index (χ1v) is 12.2. The molecule has 188 valence electrons. The van der Waals surface area contributed by atoms with Crippen molar-refractivity contribution in [2.75, 3.05) is 21.3 Å². The number of benzene rings is 4. The van der Waals surface area contributed by atoms with Crippen LogP contribution in [0.5, 0.6) is 17.2 Å². The number of nitrogens with one attached hydrogen (secondary N) is 2. The fourth-order valence-corrected chi connectivity index (χ4v) is 5.59. The lowest BCUT2D eigenvalue weighted by Crippen LogP contribution is -2.29. The standard InChI is InChI=1S/C30H23N3O5/c1-36-16-6-4-15(5-7-16)14-33-29(34)25-23-19-12-17(37-2)8-10-21(19)31-27(23)28-24(26(25)30(33)35)20-13-18(38-3)9-11-22(20)32-28/h4-13,31-32H,14H2,1-3H3. The van der Waals surface area contributed by atoms with Gasteiger partial charge in [-0.05, 0) is 54.1 Å². The van der Waals surface area contributed by atoms with Crippen molar-refractivity contribution in [2.24, 2.45) is 0 Å². The van der Waals surface area contributed by atoms with E-state index in [1.807, 2.05) is 60.7 Å². The molecule has 0 spiro atoms. The van der Waals surface area contributed by atoms with Crippen LogP contribution >= 0.6 is 0 Å². The molecular weight excluding hydrogens is 482 g/mol. The number of nitrogens with zero attached hydrogens (tertiary/aromatic N) is 1. The molecule has 2 amide bonds. The van der Waals surface area contributed by atoms with E-state index >= 15 is 0 Å². The Kier molecular flexibility index (Phi) is 4.69. The number of H-pyrrole nitrogens is 2. The molecule has 8 heteroatoms. The Morgan fingerprint density at radius 3 is 1.53 bits per heavy atom. The molecule has 2 aromatic heterocycles. The van der Waals surface area contributed by atoms with Gasteiger partial charge in [-0.25, -0.2) is 0 Å². The van der Waals surface area contributed by atoms with Crippen molar-refractivity contribution in [3.8, 4) is 17.2 Å². The van der Waals surface area contributed by atoms with E-state index in [-0.39, 0.29) is 18.4 Å². The summed E-state index contributed by atoms with van der Waals surface area (Å²) in [5.74, 6) is 1.39. The van der Waals surface area contributed by atoms with Gasteiger partial charge in [-0.15, -0.1) is 0 Å². The molecule has 0 radical (unpaired) electrons. The first kappa shape index (κ1) is 22.2. The number of carbonyl (C=O) groups excluding carboxylic acids is 2. The minimum atomic E-state index is -0.325. The molecule has 7 rings (SSSR count). The number of hydrogen-bond donors (Lipinski definition) is 2. The lowest BCUT2D eigenvalue weighted by Gasteiger charge is -2.14. The molecule has 0 bridgehead atoms. The van der Waals surface area contributed by atoms with Gasteiger partial charge in [0.25, 0.3) is 11.8 Å². The van der Waals surface area contributed by atoms with Crippen molar-refractivity contribution >= 4 is 55.4 Å². The van der Waals surface area contributed by atoms with E-state index in [0.717, 1.165) is 38.4 Å². The second-order valence-corrected chi connectivity index (χ2v) is 9.37. The highest BCUT2D eigenvalue weighted by atomic mass is 16.5. The minimum absolute atomic E-state index is 0.149. The average molecular weight is 506 g/mol. The van der Waals surface area contributed by atoms with Crippen LogP contribution in [0.3, 0.4) is 0 Å². The first-order valence-electron chi connectivity index (χ1n) is 12.2. The quantitative estimate of drug-likeness (QED) is 0.290. The molecule has 1 aliphatic rings. The zero-order valence-corrected chi connectivity index (χ0v) is 21.0. The molecule has 38 heavy (non-hydrogen) atoms. The number of aromatic nitrogens is 2. The third kappa shape index (κ3) is 2.97. The van der Waals surface area contributed by atoms with Gasteiger partial charge < -0.3 is 24.2 Å². The number of imide groups is 1. The molecule has 2 N–H and O–H groups in total. The van der Waals surface area contributed by atoms with Crippen LogP contribution in [-0.4, -0.2) is 48.0 Å². The summed E-state index contributed by atoms with van der Waals surface area (Å²) < 4.78 is 16.2. The molecule has 3 heterocycles. The van der Waals surface area contributed by atoms with Gasteiger partial charge in [0, 0.05) is 32.6 Å². The van der Waals surface area contributed by atoms with Crippen molar-refractivity contribution in [1.29, 1.82) is 0 Å². The van der Waals surface area contributed by atoms with Crippen LogP contribution in [0.1, 0.15) is 26.3 Å². The van der Waals surface area contributed by atoms with Crippen LogP contribution in [0.2, 0.25) is 0 Å². The Labute approximate surface area is 216 Å². The Bertz CT molecular complexity index is 1830. The number of aromatic amines is 2. The fraction of sp³-hybridized carbons (Fsp3) is 0.133. The summed E-state index contributed by atoms with van der Waals surface area (Å²) in [5, 5.41) is 3.05. The van der Waals surface area contributed by atoms with Crippen LogP contribution in [0, 0.1) is 0 Å². The van der Waals surface area contributed by atoms with Crippen molar-refractivity contribution < 1.29 is 23.8 Å². The maximum Gasteiger partial charge on any atom is 0.262 e. The predicted octanol–water partition coefficient (Wildman–Crippen LogP) is 5.78. The highest BCUT2D eigenvalue weighted by Gasteiger charge is 2.41. The molecule has 8 nitrogen and oxygen atoms in total. The maximum atomic E-state index is 14.1. The largest absolute Gasteiger partial charge is 0.497 e. The van der Waals surface area contributed by atoms with E-state index in [1.165, 1.54) is 4.90 Å². The molecule has 1 aliphatic heterocycles. The molecule has 0 atom stereocenters. The van der Waals surface area contributed by atoms with Crippen LogP contribution in [0.4, 0.5) is 0 Å². The summed E-state index contributed by atoms with van der Waals surface area (Å²) in [4.78, 5) is 36.4. The van der Waals surface area contributed by atoms with E-state index < -0.39 is 0 Å². The fourth-order valence-electron chi connectivity index (χ4n) is 5.59. The molecule has 0 aliphatic carbocycles. The number of methoxy groups -OCH3 is 3. The number of ether oxygens (including phenoxy) is 3. The van der Waals surface area contributed by atoms with Crippen LogP contribution in [-0.2, 0) is 6.54 Å². The number of carbonyl (C=O) groups is 2. The monoisotopic (exact) mass is 505 g/mol. The molecule has 0 saturated carbocycles. The number of fused-ring (bicyclic) bond motifs is 10. The Hall–Kier alpha value is -4.98. The van der Waals surface area contributed by atoms with E-state index in [9.17, 15) is 9.59 Å². The SMILES string of the molecule is COc1ccc(CN2C(=O)c3c(c4c5cc(OC)ccc5[nH]c4c4[nH]c5ccc(OC)cc5c34)C2=O)cc1. The van der Waals surface area contributed by atoms with Crippen LogP contribution in [0.15, 0.2) is 60.7 Å². The van der Waals surface area contributed by atoms with Gasteiger partial charge in [0.2, 0.25) is 0 Å². The molecule has 4 aromatic carbocycles. The van der Waals surface area contributed by atoms with Gasteiger partial charge >= 0.3 is 0 Å². The lowest BCUT2D eigenvalue weighted by atomic mass is 9.96. The van der Waals surface area contributed by atoms with Crippen LogP contribution in [0.25, 0.3) is 43.6 Å². The van der Waals surface area contributed by atoms with E-state index in [2.05, 4.69) is 9.97 Å². The molecular formula is C30H23N3O5. The van der Waals surface area contributed by atoms with E-state index in [4.69, 9.17) is 14.2 Å². The second kappa shape index (κ2) is 8.01. The smallest absolute Gasteiger partial charge is 0.262 e. The van der Waals surface area contributed by atoms with Gasteiger partial charge in [0.1, 0.15) is 17.2 Å². The Balaban J connectivity index is 1.55. The zero-order chi connectivity index (χ0) is 26.1. The van der Waals surface area contributed by atoms with Crippen molar-refractivity contribution in [2.45, 2.75) is 6.54 Å². The van der Waals surface area contributed by atoms with Gasteiger partial charge in [0.05, 0.1) is 50.0 Å². The molecule has 0 saturated heterocycles. The number of amides is 2. The van der Waals surface area contributed by atoms with Crippen molar-refractivity contribution in [3.63, 3.8) is 0 Å². The highest BCUT2D eigenvalue weighted by molar-refractivity contribution is 6.39. The zero-order valence-electron chi connectivity index (χ0n) is 21.0. The average Bonchev–Trinajstić information content (AvgIpc) is 3.59.